The average Bonchev–Trinajstić information content (AvgIpc) is 2.67. The third-order valence-corrected chi connectivity index (χ3v) is 3.51. The number of halogens is 2. The van der Waals surface area contributed by atoms with E-state index in [9.17, 15) is 4.79 Å². The molecule has 0 saturated heterocycles. The van der Waals surface area contributed by atoms with Crippen LogP contribution in [0.2, 0.25) is 0 Å². The fourth-order valence-corrected chi connectivity index (χ4v) is 2.85. The summed E-state index contributed by atoms with van der Waals surface area (Å²) in [6.45, 7) is 0.613. The highest BCUT2D eigenvalue weighted by molar-refractivity contribution is 9.11. The van der Waals surface area contributed by atoms with Gasteiger partial charge >= 0.3 is 0 Å². The highest BCUT2D eigenvalue weighted by Gasteiger charge is 2.05. The number of hydrogen-bond acceptors (Lipinski definition) is 2. The number of aryl methyl sites for hydroxylation is 3. The van der Waals surface area contributed by atoms with E-state index in [2.05, 4.69) is 36.8 Å². The van der Waals surface area contributed by atoms with Crippen molar-refractivity contribution in [3.8, 4) is 0 Å². The summed E-state index contributed by atoms with van der Waals surface area (Å²) in [4.78, 5) is 16.1. The van der Waals surface area contributed by atoms with E-state index >= 15 is 0 Å². The standard InChI is InChI=1S/C11H11Br2N3O/c1-15-5-3-14-10(15)2-4-16-7-8(12)6-9(13)11(16)17/h3,5-7H,2,4H2,1H3. The quantitative estimate of drug-likeness (QED) is 0.842. The Morgan fingerprint density at radius 3 is 2.82 bits per heavy atom. The molecule has 2 heterocycles. The molecule has 2 rings (SSSR count). The number of pyridine rings is 1. The van der Waals surface area contributed by atoms with E-state index in [1.165, 1.54) is 0 Å². The molecule has 2 aromatic heterocycles. The Morgan fingerprint density at radius 1 is 1.41 bits per heavy atom. The highest BCUT2D eigenvalue weighted by Crippen LogP contribution is 2.13. The molecule has 2 aromatic rings. The Kier molecular flexibility index (Phi) is 3.83. The molecule has 0 aliphatic carbocycles. The van der Waals surface area contributed by atoms with Gasteiger partial charge in [-0.2, -0.15) is 0 Å². The van der Waals surface area contributed by atoms with Gasteiger partial charge in [-0.3, -0.25) is 4.79 Å². The molecule has 0 saturated carbocycles. The van der Waals surface area contributed by atoms with Crippen molar-refractivity contribution in [2.75, 3.05) is 0 Å². The second-order valence-electron chi connectivity index (χ2n) is 3.71. The molecule has 0 unspecified atom stereocenters. The van der Waals surface area contributed by atoms with Gasteiger partial charge in [-0.25, -0.2) is 4.98 Å². The van der Waals surface area contributed by atoms with E-state index in [0.717, 1.165) is 16.7 Å². The van der Waals surface area contributed by atoms with Crippen molar-refractivity contribution in [1.82, 2.24) is 14.1 Å². The van der Waals surface area contributed by atoms with Crippen molar-refractivity contribution in [3.63, 3.8) is 0 Å². The lowest BCUT2D eigenvalue weighted by Crippen LogP contribution is -2.21. The van der Waals surface area contributed by atoms with Crippen LogP contribution in [0.25, 0.3) is 0 Å². The van der Waals surface area contributed by atoms with Crippen molar-refractivity contribution >= 4 is 31.9 Å². The Labute approximate surface area is 116 Å². The van der Waals surface area contributed by atoms with Crippen LogP contribution in [-0.4, -0.2) is 14.1 Å². The van der Waals surface area contributed by atoms with Crippen molar-refractivity contribution in [2.24, 2.45) is 7.05 Å². The second kappa shape index (κ2) is 5.18. The van der Waals surface area contributed by atoms with Crippen molar-refractivity contribution in [1.29, 1.82) is 0 Å². The van der Waals surface area contributed by atoms with Crippen molar-refractivity contribution in [3.05, 3.63) is 49.8 Å². The van der Waals surface area contributed by atoms with Crippen LogP contribution in [-0.2, 0) is 20.0 Å². The first-order valence-electron chi connectivity index (χ1n) is 5.09. The van der Waals surface area contributed by atoms with Gasteiger partial charge in [0.2, 0.25) is 0 Å². The van der Waals surface area contributed by atoms with Gasteiger partial charge in [0.25, 0.3) is 5.56 Å². The Hall–Kier alpha value is -0.880. The monoisotopic (exact) mass is 359 g/mol. The van der Waals surface area contributed by atoms with Crippen LogP contribution in [0.5, 0.6) is 0 Å². The largest absolute Gasteiger partial charge is 0.338 e. The molecule has 0 amide bonds. The molecule has 0 aliphatic heterocycles. The Morgan fingerprint density at radius 2 is 2.18 bits per heavy atom. The first-order valence-corrected chi connectivity index (χ1v) is 6.68. The topological polar surface area (TPSA) is 39.8 Å². The summed E-state index contributed by atoms with van der Waals surface area (Å²) in [5.74, 6) is 0.966. The molecule has 0 N–H and O–H groups in total. The normalized spacial score (nSPS) is 10.8. The van der Waals surface area contributed by atoms with Crippen LogP contribution in [0.3, 0.4) is 0 Å². The molecule has 4 nitrogen and oxygen atoms in total. The molecule has 17 heavy (non-hydrogen) atoms. The summed E-state index contributed by atoms with van der Waals surface area (Å²) in [6.07, 6.45) is 6.17. The third-order valence-electron chi connectivity index (χ3n) is 2.51. The molecular formula is C11H11Br2N3O. The van der Waals surface area contributed by atoms with Gasteiger partial charge in [0.1, 0.15) is 5.82 Å². The number of aromatic nitrogens is 3. The summed E-state index contributed by atoms with van der Waals surface area (Å²) in [7, 11) is 1.95. The smallest absolute Gasteiger partial charge is 0.264 e. The van der Waals surface area contributed by atoms with Gasteiger partial charge < -0.3 is 9.13 Å². The van der Waals surface area contributed by atoms with Gasteiger partial charge in [-0.05, 0) is 37.9 Å². The maximum absolute atomic E-state index is 11.8. The predicted octanol–water partition coefficient (Wildman–Crippen LogP) is 2.35. The second-order valence-corrected chi connectivity index (χ2v) is 5.48. The van der Waals surface area contributed by atoms with Gasteiger partial charge in [0.05, 0.1) is 4.47 Å². The SMILES string of the molecule is Cn1ccnc1CCn1cc(Br)cc(Br)c1=O. The fraction of sp³-hybridized carbons (Fsp3) is 0.273. The zero-order valence-corrected chi connectivity index (χ0v) is 12.4. The minimum absolute atomic E-state index is 0.0255. The number of nitrogens with zero attached hydrogens (tertiary/aromatic N) is 3. The number of rotatable bonds is 3. The van der Waals surface area contributed by atoms with E-state index in [1.807, 2.05) is 17.8 Å². The molecule has 0 spiro atoms. The van der Waals surface area contributed by atoms with Crippen LogP contribution in [0.15, 0.2) is 38.4 Å². The molecule has 0 radical (unpaired) electrons. The zero-order valence-electron chi connectivity index (χ0n) is 9.23. The van der Waals surface area contributed by atoms with Crippen LogP contribution < -0.4 is 5.56 Å². The third kappa shape index (κ3) is 2.87. The first-order chi connectivity index (χ1) is 8.08. The van der Waals surface area contributed by atoms with Crippen LogP contribution in [0, 0.1) is 0 Å². The number of imidazole rings is 1. The fourth-order valence-electron chi connectivity index (χ4n) is 1.59. The van der Waals surface area contributed by atoms with Crippen LogP contribution in [0.1, 0.15) is 5.82 Å². The molecule has 90 valence electrons. The van der Waals surface area contributed by atoms with E-state index in [-0.39, 0.29) is 5.56 Å². The van der Waals surface area contributed by atoms with E-state index < -0.39 is 0 Å². The summed E-state index contributed by atoms with van der Waals surface area (Å²) >= 11 is 6.62. The van der Waals surface area contributed by atoms with Crippen molar-refractivity contribution < 1.29 is 0 Å². The molecule has 0 aromatic carbocycles. The van der Waals surface area contributed by atoms with E-state index in [1.54, 1.807) is 23.0 Å². The van der Waals surface area contributed by atoms with E-state index in [0.29, 0.717) is 11.0 Å². The maximum Gasteiger partial charge on any atom is 0.264 e. The molecular weight excluding hydrogens is 350 g/mol. The lowest BCUT2D eigenvalue weighted by Gasteiger charge is -2.07. The van der Waals surface area contributed by atoms with Gasteiger partial charge in [0.15, 0.2) is 0 Å². The first kappa shape index (κ1) is 12.6. The molecule has 0 atom stereocenters. The summed E-state index contributed by atoms with van der Waals surface area (Å²) in [6, 6.07) is 1.75. The molecule has 0 fully saturated rings. The highest BCUT2D eigenvalue weighted by atomic mass is 79.9. The molecule has 0 bridgehead atoms. The van der Waals surface area contributed by atoms with Crippen molar-refractivity contribution in [2.45, 2.75) is 13.0 Å². The lowest BCUT2D eigenvalue weighted by atomic mass is 10.3. The average molecular weight is 361 g/mol. The molecule has 6 heteroatoms. The Balaban J connectivity index is 2.20. The van der Waals surface area contributed by atoms with Gasteiger partial charge in [-0.1, -0.05) is 0 Å². The van der Waals surface area contributed by atoms with Gasteiger partial charge in [-0.15, -0.1) is 0 Å². The Bertz CT molecular complexity index is 589. The van der Waals surface area contributed by atoms with Crippen LogP contribution >= 0.6 is 31.9 Å². The predicted molar refractivity (Wildman–Crippen MR) is 73.0 cm³/mol. The molecule has 0 aliphatic rings. The summed E-state index contributed by atoms with van der Waals surface area (Å²) in [5, 5.41) is 0. The minimum Gasteiger partial charge on any atom is -0.338 e. The zero-order chi connectivity index (χ0) is 12.4. The van der Waals surface area contributed by atoms with E-state index in [4.69, 9.17) is 0 Å². The summed E-state index contributed by atoms with van der Waals surface area (Å²) < 4.78 is 5.07. The number of hydrogen-bond donors (Lipinski definition) is 0. The summed E-state index contributed by atoms with van der Waals surface area (Å²) in [5.41, 5.74) is -0.0255. The minimum atomic E-state index is -0.0255. The lowest BCUT2D eigenvalue weighted by molar-refractivity contribution is 0.628. The van der Waals surface area contributed by atoms with Crippen LogP contribution in [0.4, 0.5) is 0 Å². The van der Waals surface area contributed by atoms with Gasteiger partial charge in [0, 0.05) is 43.1 Å². The maximum atomic E-state index is 11.8.